The van der Waals surface area contributed by atoms with Crippen molar-refractivity contribution in [3.8, 4) is 39.8 Å². The molecule has 0 aliphatic carbocycles. The zero-order valence-electron chi connectivity index (χ0n) is 19.9. The van der Waals surface area contributed by atoms with Gasteiger partial charge in [-0.3, -0.25) is 0 Å². The lowest BCUT2D eigenvalue weighted by atomic mass is 10.1. The highest BCUT2D eigenvalue weighted by Gasteiger charge is 2.12. The second-order valence-electron chi connectivity index (χ2n) is 7.80. The topological polar surface area (TPSA) is 66.1 Å². The number of fused-ring (bicyclic) bond motifs is 1. The number of nitrogens with zero attached hydrogens (tertiary/aromatic N) is 2. The van der Waals surface area contributed by atoms with Crippen molar-refractivity contribution in [2.24, 2.45) is 4.99 Å². The van der Waals surface area contributed by atoms with Crippen molar-refractivity contribution in [2.75, 3.05) is 21.3 Å². The summed E-state index contributed by atoms with van der Waals surface area (Å²) in [6.45, 7) is 2.06. The third-order valence-corrected chi connectivity index (χ3v) is 6.55. The number of ether oxygens (including phenoxy) is 3. The summed E-state index contributed by atoms with van der Waals surface area (Å²) in [5.41, 5.74) is 3.54. The normalized spacial score (nSPS) is 11.6. The van der Waals surface area contributed by atoms with Gasteiger partial charge in [-0.1, -0.05) is 23.5 Å². The molecule has 0 fully saturated rings. The smallest absolute Gasteiger partial charge is 0.210 e. The van der Waals surface area contributed by atoms with Crippen LogP contribution in [0.25, 0.3) is 33.6 Å². The number of methoxy groups -OCH3 is 3. The zero-order valence-corrected chi connectivity index (χ0v) is 20.7. The molecule has 0 radical (unpaired) electrons. The van der Waals surface area contributed by atoms with Gasteiger partial charge < -0.3 is 18.6 Å². The molecule has 0 saturated heterocycles. The van der Waals surface area contributed by atoms with Crippen LogP contribution in [-0.2, 0) is 0 Å². The number of hydrogen-bond acceptors (Lipinski definition) is 7. The summed E-state index contributed by atoms with van der Waals surface area (Å²) in [4.78, 5) is 10.9. The van der Waals surface area contributed by atoms with E-state index in [0.717, 1.165) is 43.8 Å². The van der Waals surface area contributed by atoms with Crippen LogP contribution in [0.5, 0.6) is 17.2 Å². The molecule has 176 valence electrons. The van der Waals surface area contributed by atoms with E-state index in [0.29, 0.717) is 22.4 Å². The monoisotopic (exact) mass is 484 g/mol. The molecule has 0 unspecified atom stereocenters. The lowest BCUT2D eigenvalue weighted by Crippen LogP contribution is -2.03. The number of benzene rings is 3. The predicted octanol–water partition coefficient (Wildman–Crippen LogP) is 6.79. The molecule has 0 aliphatic rings. The van der Waals surface area contributed by atoms with Crippen molar-refractivity contribution in [1.29, 1.82) is 0 Å². The van der Waals surface area contributed by atoms with Gasteiger partial charge in [-0.25, -0.2) is 9.98 Å². The van der Waals surface area contributed by atoms with Crippen LogP contribution in [0, 0.1) is 6.92 Å². The van der Waals surface area contributed by atoms with Gasteiger partial charge in [0.25, 0.3) is 0 Å². The fourth-order valence-electron chi connectivity index (χ4n) is 3.89. The highest BCUT2D eigenvalue weighted by Crippen LogP contribution is 2.34. The molecule has 0 spiro atoms. The van der Waals surface area contributed by atoms with Crippen LogP contribution in [-0.4, -0.2) is 26.3 Å². The van der Waals surface area contributed by atoms with Crippen LogP contribution < -0.4 is 19.6 Å². The Kier molecular flexibility index (Phi) is 6.25. The molecule has 7 heteroatoms. The largest absolute Gasteiger partial charge is 0.497 e. The van der Waals surface area contributed by atoms with Crippen LogP contribution in [0.1, 0.15) is 4.88 Å². The van der Waals surface area contributed by atoms with Gasteiger partial charge in [0, 0.05) is 27.5 Å². The average Bonchev–Trinajstić information content (AvgIpc) is 3.27. The van der Waals surface area contributed by atoms with Crippen molar-refractivity contribution < 1.29 is 18.6 Å². The van der Waals surface area contributed by atoms with Crippen LogP contribution in [0.2, 0.25) is 0 Å². The van der Waals surface area contributed by atoms with Gasteiger partial charge in [0.05, 0.1) is 32.4 Å². The third kappa shape index (κ3) is 4.50. The Bertz CT molecular complexity index is 1570. The Morgan fingerprint density at radius 3 is 2.29 bits per heavy atom. The minimum atomic E-state index is 0.631. The number of aromatic nitrogens is 1. The van der Waals surface area contributed by atoms with E-state index in [9.17, 15) is 0 Å². The van der Waals surface area contributed by atoms with Crippen molar-refractivity contribution in [3.05, 3.63) is 83.0 Å². The summed E-state index contributed by atoms with van der Waals surface area (Å²) in [5.74, 6) is 2.78. The van der Waals surface area contributed by atoms with Crippen molar-refractivity contribution >= 4 is 27.4 Å². The molecule has 0 atom stereocenters. The lowest BCUT2D eigenvalue weighted by molar-refractivity contribution is 0.355. The standard InChI is InChI=1S/C28H24N2O4S/c1-17-27(18-9-12-20(31-2)13-10-18)30-28(35-17)29-22-16-25(34-23-8-6-5-7-21(22)23)19-11-14-24(32-3)26(15-19)33-4/h5-16H,1-4H3/b29-22+. The average molecular weight is 485 g/mol. The summed E-state index contributed by atoms with van der Waals surface area (Å²) in [5, 5.41) is 2.38. The van der Waals surface area contributed by atoms with E-state index < -0.39 is 0 Å². The fourth-order valence-corrected chi connectivity index (χ4v) is 4.71. The Hall–Kier alpha value is -4.10. The lowest BCUT2D eigenvalue weighted by Gasteiger charge is -2.10. The number of rotatable bonds is 6. The number of para-hydroxylation sites is 1. The molecule has 35 heavy (non-hydrogen) atoms. The Balaban J connectivity index is 1.63. The molecule has 0 amide bonds. The predicted molar refractivity (Wildman–Crippen MR) is 139 cm³/mol. The first-order valence-electron chi connectivity index (χ1n) is 11.0. The second-order valence-corrected chi connectivity index (χ2v) is 8.98. The number of aryl methyl sites for hydroxylation is 1. The van der Waals surface area contributed by atoms with Crippen molar-refractivity contribution in [2.45, 2.75) is 6.92 Å². The van der Waals surface area contributed by atoms with Gasteiger partial charge in [0.2, 0.25) is 5.13 Å². The molecule has 6 nitrogen and oxygen atoms in total. The molecule has 2 heterocycles. The van der Waals surface area contributed by atoms with Crippen LogP contribution in [0.15, 0.2) is 82.2 Å². The third-order valence-electron chi connectivity index (χ3n) is 5.68. The molecular weight excluding hydrogens is 460 g/mol. The molecule has 2 aromatic heterocycles. The molecule has 5 rings (SSSR count). The first-order valence-corrected chi connectivity index (χ1v) is 11.8. The summed E-state index contributed by atoms with van der Waals surface area (Å²) in [6.07, 6.45) is 0. The van der Waals surface area contributed by atoms with Gasteiger partial charge in [-0.15, -0.1) is 0 Å². The Morgan fingerprint density at radius 2 is 1.54 bits per heavy atom. The highest BCUT2D eigenvalue weighted by atomic mass is 32.1. The Morgan fingerprint density at radius 1 is 0.800 bits per heavy atom. The molecule has 3 aromatic carbocycles. The zero-order chi connectivity index (χ0) is 24.4. The fraction of sp³-hybridized carbons (Fsp3) is 0.143. The molecule has 0 bridgehead atoms. The van der Waals surface area contributed by atoms with Gasteiger partial charge in [-0.05, 0) is 61.5 Å². The summed E-state index contributed by atoms with van der Waals surface area (Å²) in [6, 6.07) is 23.4. The van der Waals surface area contributed by atoms with E-state index in [4.69, 9.17) is 28.6 Å². The van der Waals surface area contributed by atoms with Gasteiger partial charge in [0.15, 0.2) is 11.5 Å². The van der Waals surface area contributed by atoms with E-state index in [2.05, 4.69) is 6.92 Å². The first-order chi connectivity index (χ1) is 17.1. The van der Waals surface area contributed by atoms with Crippen LogP contribution in [0.3, 0.4) is 0 Å². The van der Waals surface area contributed by atoms with Crippen LogP contribution >= 0.6 is 11.3 Å². The second kappa shape index (κ2) is 9.64. The molecule has 0 aliphatic heterocycles. The molecule has 0 saturated carbocycles. The summed E-state index contributed by atoms with van der Waals surface area (Å²) >= 11 is 1.56. The minimum Gasteiger partial charge on any atom is -0.497 e. The van der Waals surface area contributed by atoms with E-state index >= 15 is 0 Å². The summed E-state index contributed by atoms with van der Waals surface area (Å²) in [7, 11) is 4.89. The maximum atomic E-state index is 6.23. The van der Waals surface area contributed by atoms with Crippen molar-refractivity contribution in [3.63, 3.8) is 0 Å². The summed E-state index contributed by atoms with van der Waals surface area (Å²) < 4.78 is 22.4. The molecule has 0 N–H and O–H groups in total. The van der Waals surface area contributed by atoms with Crippen LogP contribution in [0.4, 0.5) is 5.13 Å². The quantitative estimate of drug-likeness (QED) is 0.265. The van der Waals surface area contributed by atoms with E-state index in [1.165, 1.54) is 0 Å². The number of thiazole rings is 1. The van der Waals surface area contributed by atoms with E-state index in [1.807, 2.05) is 72.8 Å². The number of hydrogen-bond donors (Lipinski definition) is 0. The first kappa shape index (κ1) is 22.7. The maximum absolute atomic E-state index is 6.23. The highest BCUT2D eigenvalue weighted by molar-refractivity contribution is 7.15. The van der Waals surface area contributed by atoms with Gasteiger partial charge in [0.1, 0.15) is 17.1 Å². The van der Waals surface area contributed by atoms with Gasteiger partial charge >= 0.3 is 0 Å². The molecule has 5 aromatic rings. The Labute approximate surface area is 207 Å². The maximum Gasteiger partial charge on any atom is 0.210 e. The minimum absolute atomic E-state index is 0.631. The van der Waals surface area contributed by atoms with Crippen molar-refractivity contribution in [1.82, 2.24) is 4.98 Å². The molecular formula is C28H24N2O4S. The SMILES string of the molecule is COc1ccc(-c2nc(/N=c3\cc(-c4ccc(OC)c(OC)c4)oc4ccccc34)sc2C)cc1. The van der Waals surface area contributed by atoms with E-state index in [1.54, 1.807) is 32.7 Å². The van der Waals surface area contributed by atoms with E-state index in [-0.39, 0.29) is 0 Å². The van der Waals surface area contributed by atoms with Gasteiger partial charge in [-0.2, -0.15) is 0 Å².